The first-order valence-corrected chi connectivity index (χ1v) is 9.68. The van der Waals surface area contributed by atoms with E-state index in [0.717, 1.165) is 5.56 Å². The fourth-order valence-corrected chi connectivity index (χ4v) is 3.20. The molecule has 0 unspecified atom stereocenters. The summed E-state index contributed by atoms with van der Waals surface area (Å²) in [5.41, 5.74) is -0.110. The van der Waals surface area contributed by atoms with Gasteiger partial charge in [-0.25, -0.2) is 4.79 Å². The highest BCUT2D eigenvalue weighted by molar-refractivity contribution is 5.78. The van der Waals surface area contributed by atoms with E-state index in [0.29, 0.717) is 6.54 Å². The molecule has 10 heteroatoms. The van der Waals surface area contributed by atoms with Gasteiger partial charge in [0.05, 0.1) is 12.1 Å². The number of nitrogens with zero attached hydrogens (tertiary/aromatic N) is 2. The second kappa shape index (κ2) is 9.98. The van der Waals surface area contributed by atoms with E-state index < -0.39 is 41.6 Å². The number of H-pyrrole nitrogens is 1. The summed E-state index contributed by atoms with van der Waals surface area (Å²) in [5, 5.41) is 0. The number of aromatic amines is 1. The maximum Gasteiger partial charge on any atom is 0.330 e. The first kappa shape index (κ1) is 22.2. The Kier molecular flexibility index (Phi) is 7.14. The molecular formula is C21H23N3O7. The van der Waals surface area contributed by atoms with Crippen molar-refractivity contribution in [2.75, 3.05) is 6.61 Å². The van der Waals surface area contributed by atoms with Crippen LogP contribution in [-0.2, 0) is 30.3 Å². The van der Waals surface area contributed by atoms with E-state index in [1.807, 2.05) is 30.3 Å². The molecule has 10 nitrogen and oxygen atoms in total. The minimum atomic E-state index is -0.824. The highest BCUT2D eigenvalue weighted by atomic mass is 16.6. The lowest BCUT2D eigenvalue weighted by Crippen LogP contribution is -2.34. The normalized spacial score (nSPS) is 20.6. The van der Waals surface area contributed by atoms with Crippen LogP contribution in [0, 0.1) is 0 Å². The Bertz CT molecular complexity index is 1070. The number of hydrogen-bond acceptors (Lipinski definition) is 8. The molecule has 1 aliphatic rings. The predicted molar refractivity (Wildman–Crippen MR) is 110 cm³/mol. The lowest BCUT2D eigenvalue weighted by atomic mass is 10.2. The Morgan fingerprint density at radius 2 is 1.97 bits per heavy atom. The minimum absolute atomic E-state index is 0.132. The Labute approximate surface area is 177 Å². The SMILES string of the molecule is CC(=O)OC[C@H]1O[C@@H](n2cc(C=NCc3ccccc3)c(=O)[nH]c2=O)C[C@@H]1OC(C)=O. The summed E-state index contributed by atoms with van der Waals surface area (Å²) in [6.07, 6.45) is 0.604. The third-order valence-corrected chi connectivity index (χ3v) is 4.60. The van der Waals surface area contributed by atoms with Crippen molar-refractivity contribution in [2.45, 2.75) is 45.2 Å². The number of aliphatic imine (C=N–C) groups is 1. The van der Waals surface area contributed by atoms with Crippen LogP contribution in [-0.4, -0.2) is 46.5 Å². The van der Waals surface area contributed by atoms with Gasteiger partial charge in [-0.3, -0.25) is 28.9 Å². The lowest BCUT2D eigenvalue weighted by Gasteiger charge is -2.17. The summed E-state index contributed by atoms with van der Waals surface area (Å²) in [6, 6.07) is 9.50. The Hall–Kier alpha value is -3.53. The first-order chi connectivity index (χ1) is 14.8. The van der Waals surface area contributed by atoms with E-state index in [9.17, 15) is 19.2 Å². The molecule has 31 heavy (non-hydrogen) atoms. The molecule has 1 aliphatic heterocycles. The van der Waals surface area contributed by atoms with Crippen LogP contribution < -0.4 is 11.2 Å². The van der Waals surface area contributed by atoms with Gasteiger partial charge in [0.2, 0.25) is 0 Å². The minimum Gasteiger partial charge on any atom is -0.463 e. The Morgan fingerprint density at radius 1 is 1.23 bits per heavy atom. The zero-order valence-electron chi connectivity index (χ0n) is 17.1. The smallest absolute Gasteiger partial charge is 0.330 e. The maximum absolute atomic E-state index is 12.4. The van der Waals surface area contributed by atoms with Crippen LogP contribution >= 0.6 is 0 Å². The van der Waals surface area contributed by atoms with Crippen LogP contribution in [0.25, 0.3) is 0 Å². The van der Waals surface area contributed by atoms with Crippen molar-refractivity contribution in [3.63, 3.8) is 0 Å². The van der Waals surface area contributed by atoms with Crippen molar-refractivity contribution in [3.05, 3.63) is 68.5 Å². The molecular weight excluding hydrogens is 406 g/mol. The van der Waals surface area contributed by atoms with Gasteiger partial charge in [-0.15, -0.1) is 0 Å². The molecule has 1 aromatic heterocycles. The van der Waals surface area contributed by atoms with Gasteiger partial charge in [-0.2, -0.15) is 0 Å². The highest BCUT2D eigenvalue weighted by Crippen LogP contribution is 2.30. The molecule has 1 fully saturated rings. The number of ether oxygens (including phenoxy) is 3. The van der Waals surface area contributed by atoms with E-state index in [1.54, 1.807) is 0 Å². The second-order valence-corrected chi connectivity index (χ2v) is 7.02. The lowest BCUT2D eigenvalue weighted by molar-refractivity contribution is -0.155. The molecule has 0 aliphatic carbocycles. The fourth-order valence-electron chi connectivity index (χ4n) is 3.20. The zero-order chi connectivity index (χ0) is 22.4. The topological polar surface area (TPSA) is 129 Å². The van der Waals surface area contributed by atoms with E-state index in [4.69, 9.17) is 14.2 Å². The molecule has 164 valence electrons. The molecule has 1 aromatic carbocycles. The van der Waals surface area contributed by atoms with Gasteiger partial charge in [0.25, 0.3) is 5.56 Å². The van der Waals surface area contributed by atoms with E-state index in [1.165, 1.54) is 30.8 Å². The number of aromatic nitrogens is 2. The van der Waals surface area contributed by atoms with Crippen molar-refractivity contribution < 1.29 is 23.8 Å². The third-order valence-electron chi connectivity index (χ3n) is 4.60. The molecule has 1 saturated heterocycles. The summed E-state index contributed by atoms with van der Waals surface area (Å²) in [7, 11) is 0. The van der Waals surface area contributed by atoms with Crippen molar-refractivity contribution in [3.8, 4) is 0 Å². The van der Waals surface area contributed by atoms with Crippen molar-refractivity contribution in [2.24, 2.45) is 4.99 Å². The van der Waals surface area contributed by atoms with Gasteiger partial charge in [0.15, 0.2) is 0 Å². The van der Waals surface area contributed by atoms with Gasteiger partial charge in [-0.1, -0.05) is 30.3 Å². The number of carbonyl (C=O) groups excluding carboxylic acids is 2. The first-order valence-electron chi connectivity index (χ1n) is 9.68. The summed E-state index contributed by atoms with van der Waals surface area (Å²) < 4.78 is 17.2. The second-order valence-electron chi connectivity index (χ2n) is 7.02. The zero-order valence-corrected chi connectivity index (χ0v) is 17.1. The molecule has 0 spiro atoms. The highest BCUT2D eigenvalue weighted by Gasteiger charge is 2.39. The summed E-state index contributed by atoms with van der Waals surface area (Å²) in [4.78, 5) is 53.6. The summed E-state index contributed by atoms with van der Waals surface area (Å²) >= 11 is 0. The number of esters is 2. The summed E-state index contributed by atoms with van der Waals surface area (Å²) in [5.74, 6) is -1.03. The average molecular weight is 429 g/mol. The van der Waals surface area contributed by atoms with E-state index in [-0.39, 0.29) is 18.6 Å². The molecule has 0 radical (unpaired) electrons. The van der Waals surface area contributed by atoms with Crippen molar-refractivity contribution >= 4 is 18.2 Å². The van der Waals surface area contributed by atoms with Crippen LogP contribution in [0.4, 0.5) is 0 Å². The summed E-state index contributed by atoms with van der Waals surface area (Å²) in [6.45, 7) is 2.75. The van der Waals surface area contributed by atoms with Gasteiger partial charge < -0.3 is 14.2 Å². The molecule has 0 saturated carbocycles. The van der Waals surface area contributed by atoms with Crippen molar-refractivity contribution in [1.29, 1.82) is 0 Å². The van der Waals surface area contributed by atoms with Gasteiger partial charge in [-0.05, 0) is 5.56 Å². The Balaban J connectivity index is 1.80. The number of hydrogen-bond donors (Lipinski definition) is 1. The van der Waals surface area contributed by atoms with Gasteiger partial charge in [0.1, 0.15) is 25.0 Å². The fraction of sp³-hybridized carbons (Fsp3) is 0.381. The van der Waals surface area contributed by atoms with E-state index in [2.05, 4.69) is 9.98 Å². The van der Waals surface area contributed by atoms with Crippen LogP contribution in [0.1, 0.15) is 37.6 Å². The largest absolute Gasteiger partial charge is 0.463 e. The number of nitrogens with one attached hydrogen (secondary N) is 1. The molecule has 3 rings (SSSR count). The molecule has 3 atom stereocenters. The monoisotopic (exact) mass is 429 g/mol. The predicted octanol–water partition coefficient (Wildman–Crippen LogP) is 0.938. The third kappa shape index (κ3) is 5.98. The van der Waals surface area contributed by atoms with Crippen LogP contribution in [0.5, 0.6) is 0 Å². The quantitative estimate of drug-likeness (QED) is 0.512. The van der Waals surface area contributed by atoms with Gasteiger partial charge in [0, 0.05) is 32.7 Å². The van der Waals surface area contributed by atoms with Crippen LogP contribution in [0.3, 0.4) is 0 Å². The van der Waals surface area contributed by atoms with E-state index >= 15 is 0 Å². The maximum atomic E-state index is 12.4. The molecule has 0 amide bonds. The van der Waals surface area contributed by atoms with Gasteiger partial charge >= 0.3 is 17.6 Å². The average Bonchev–Trinajstić information content (AvgIpc) is 3.10. The number of benzene rings is 1. The van der Waals surface area contributed by atoms with Crippen molar-refractivity contribution in [1.82, 2.24) is 9.55 Å². The Morgan fingerprint density at radius 3 is 2.65 bits per heavy atom. The molecule has 0 bridgehead atoms. The van der Waals surface area contributed by atoms with Crippen LogP contribution in [0.2, 0.25) is 0 Å². The molecule has 2 aromatic rings. The number of rotatable bonds is 7. The van der Waals surface area contributed by atoms with Crippen LogP contribution in [0.15, 0.2) is 51.1 Å². The molecule has 2 heterocycles. The number of carbonyl (C=O) groups is 2. The standard InChI is InChI=1S/C21H23N3O7/c1-13(25)29-12-18-17(30-14(2)26)8-19(31-18)24-11-16(20(27)23-21(24)28)10-22-9-15-6-4-3-5-7-15/h3-7,10-11,17-19H,8-9,12H2,1-2H3,(H,23,27,28)/t17-,18+,19+/m0/s1. The molecule has 1 N–H and O–H groups in total.